The number of para-hydroxylation sites is 2. The first-order valence-electron chi connectivity index (χ1n) is 13.8. The van der Waals surface area contributed by atoms with Crippen molar-refractivity contribution >= 4 is 44.4 Å². The normalized spacial score (nSPS) is 17.4. The summed E-state index contributed by atoms with van der Waals surface area (Å²) >= 11 is 1.64. The van der Waals surface area contributed by atoms with Crippen molar-refractivity contribution in [2.75, 3.05) is 44.3 Å². The molecule has 3 aromatic heterocycles. The van der Waals surface area contributed by atoms with Crippen LogP contribution in [0.25, 0.3) is 27.3 Å². The second-order valence-corrected chi connectivity index (χ2v) is 12.0. The first-order chi connectivity index (χ1) is 18.8. The molecule has 0 radical (unpaired) electrons. The van der Waals surface area contributed by atoms with E-state index >= 15 is 0 Å². The summed E-state index contributed by atoms with van der Waals surface area (Å²) in [6, 6.07) is 8.11. The van der Waals surface area contributed by atoms with E-state index in [1.54, 1.807) is 30.1 Å². The Morgan fingerprint density at radius 1 is 1.08 bits per heavy atom. The highest BCUT2D eigenvalue weighted by atomic mass is 32.1. The lowest BCUT2D eigenvalue weighted by Gasteiger charge is -2.34. The van der Waals surface area contributed by atoms with Crippen molar-refractivity contribution in [2.24, 2.45) is 5.92 Å². The van der Waals surface area contributed by atoms with Gasteiger partial charge in [-0.25, -0.2) is 9.97 Å². The number of benzene rings is 1. The molecule has 4 aromatic rings. The maximum absolute atomic E-state index is 12.5. The van der Waals surface area contributed by atoms with Gasteiger partial charge in [-0.2, -0.15) is 9.97 Å². The van der Waals surface area contributed by atoms with E-state index in [9.17, 15) is 9.90 Å². The van der Waals surface area contributed by atoms with Crippen LogP contribution in [0.15, 0.2) is 24.3 Å². The van der Waals surface area contributed by atoms with Crippen LogP contribution in [0.1, 0.15) is 44.4 Å². The Bertz CT molecular complexity index is 1490. The topological polar surface area (TPSA) is 110 Å². The number of ether oxygens (including phenoxy) is 1. The first-order valence-corrected chi connectivity index (χ1v) is 14.6. The van der Waals surface area contributed by atoms with Gasteiger partial charge in [0.15, 0.2) is 10.6 Å². The quantitative estimate of drug-likeness (QED) is 0.390. The van der Waals surface area contributed by atoms with E-state index in [4.69, 9.17) is 24.7 Å². The molecule has 11 heteroatoms. The number of rotatable bonds is 6. The summed E-state index contributed by atoms with van der Waals surface area (Å²) < 4.78 is 7.70. The molecule has 10 nitrogen and oxygen atoms in total. The number of imidazole rings is 1. The van der Waals surface area contributed by atoms with E-state index < -0.39 is 5.60 Å². The number of fused-ring (bicyclic) bond motifs is 2. The van der Waals surface area contributed by atoms with Gasteiger partial charge in [0, 0.05) is 39.0 Å². The molecule has 2 aliphatic heterocycles. The maximum atomic E-state index is 12.5. The standard InChI is InChI=1S/C28H35N7O3S/c1-4-21-29-19-7-5-6-8-20(19)35(21)27-31-24(33-13-15-38-16-14-33)23-25(32-27)39-22(30-23)17-18-9-11-34(12-10-18)26(36)28(2,3)37/h5-8,18,37H,4,9-17H2,1-3H3. The second-order valence-electron chi connectivity index (χ2n) is 10.9. The van der Waals surface area contributed by atoms with E-state index in [-0.39, 0.29) is 5.91 Å². The van der Waals surface area contributed by atoms with Gasteiger partial charge in [0.2, 0.25) is 5.95 Å². The minimum Gasteiger partial charge on any atom is -0.381 e. The number of nitrogens with zero attached hydrogens (tertiary/aromatic N) is 7. The molecular weight excluding hydrogens is 514 g/mol. The minimum absolute atomic E-state index is 0.197. The van der Waals surface area contributed by atoms with E-state index in [2.05, 4.69) is 22.5 Å². The molecule has 0 bridgehead atoms. The Hall–Kier alpha value is -3.15. The lowest BCUT2D eigenvalue weighted by molar-refractivity contribution is -0.149. The van der Waals surface area contributed by atoms with Crippen molar-refractivity contribution in [1.29, 1.82) is 0 Å². The fourth-order valence-corrected chi connectivity index (χ4v) is 6.57. The number of aromatic nitrogens is 5. The summed E-state index contributed by atoms with van der Waals surface area (Å²) in [7, 11) is 0. The van der Waals surface area contributed by atoms with Gasteiger partial charge in [0.1, 0.15) is 16.9 Å². The molecule has 1 amide bonds. The minimum atomic E-state index is -1.33. The van der Waals surface area contributed by atoms with Crippen LogP contribution in [0.4, 0.5) is 5.82 Å². The van der Waals surface area contributed by atoms with Crippen LogP contribution in [0.2, 0.25) is 0 Å². The second kappa shape index (κ2) is 10.4. The van der Waals surface area contributed by atoms with Crippen molar-refractivity contribution < 1.29 is 14.6 Å². The Labute approximate surface area is 231 Å². The van der Waals surface area contributed by atoms with Gasteiger partial charge in [-0.1, -0.05) is 30.4 Å². The molecule has 1 aromatic carbocycles. The van der Waals surface area contributed by atoms with Crippen LogP contribution >= 0.6 is 11.3 Å². The summed E-state index contributed by atoms with van der Waals surface area (Å²) in [6.07, 6.45) is 3.40. The molecule has 0 spiro atoms. The average Bonchev–Trinajstić information content (AvgIpc) is 3.53. The van der Waals surface area contributed by atoms with E-state index in [1.165, 1.54) is 0 Å². The highest BCUT2D eigenvalue weighted by Crippen LogP contribution is 2.33. The number of aliphatic hydroxyl groups is 1. The summed E-state index contributed by atoms with van der Waals surface area (Å²) in [5.74, 6) is 2.65. The summed E-state index contributed by atoms with van der Waals surface area (Å²) in [5, 5.41) is 11.2. The monoisotopic (exact) mass is 549 g/mol. The number of thiazole rings is 1. The van der Waals surface area contributed by atoms with Gasteiger partial charge in [-0.3, -0.25) is 9.36 Å². The van der Waals surface area contributed by atoms with E-state index in [0.29, 0.717) is 38.2 Å². The summed E-state index contributed by atoms with van der Waals surface area (Å²) in [4.78, 5) is 37.4. The molecule has 2 fully saturated rings. The third kappa shape index (κ3) is 5.10. The number of aryl methyl sites for hydroxylation is 1. The Balaban J connectivity index is 1.33. The highest BCUT2D eigenvalue weighted by Gasteiger charge is 2.32. The van der Waals surface area contributed by atoms with Gasteiger partial charge < -0.3 is 19.6 Å². The number of hydrogen-bond donors (Lipinski definition) is 1. The maximum Gasteiger partial charge on any atom is 0.253 e. The smallest absolute Gasteiger partial charge is 0.253 e. The number of morpholine rings is 1. The molecule has 0 aliphatic carbocycles. The lowest BCUT2D eigenvalue weighted by atomic mass is 9.93. The molecule has 0 saturated carbocycles. The van der Waals surface area contributed by atoms with Crippen molar-refractivity contribution in [3.8, 4) is 5.95 Å². The first kappa shape index (κ1) is 26.1. The van der Waals surface area contributed by atoms with E-state index in [1.807, 2.05) is 18.2 Å². The molecule has 39 heavy (non-hydrogen) atoms. The third-order valence-corrected chi connectivity index (χ3v) is 8.59. The van der Waals surface area contributed by atoms with Crippen LogP contribution in [0, 0.1) is 5.92 Å². The molecule has 1 N–H and O–H groups in total. The zero-order chi connectivity index (χ0) is 27.1. The fraction of sp³-hybridized carbons (Fsp3) is 0.536. The van der Waals surface area contributed by atoms with Crippen LogP contribution in [-0.2, 0) is 22.4 Å². The molecule has 5 heterocycles. The van der Waals surface area contributed by atoms with Crippen LogP contribution < -0.4 is 4.90 Å². The highest BCUT2D eigenvalue weighted by molar-refractivity contribution is 7.18. The van der Waals surface area contributed by atoms with Gasteiger partial charge in [0.05, 0.1) is 29.3 Å². The van der Waals surface area contributed by atoms with Gasteiger partial charge in [0.25, 0.3) is 5.91 Å². The van der Waals surface area contributed by atoms with Crippen molar-refractivity contribution in [1.82, 2.24) is 29.4 Å². The molecule has 0 unspecified atom stereocenters. The van der Waals surface area contributed by atoms with E-state index in [0.717, 1.165) is 76.8 Å². The van der Waals surface area contributed by atoms with Gasteiger partial charge in [-0.15, -0.1) is 0 Å². The molecule has 2 saturated heterocycles. The largest absolute Gasteiger partial charge is 0.381 e. The van der Waals surface area contributed by atoms with Crippen molar-refractivity contribution in [3.05, 3.63) is 35.1 Å². The van der Waals surface area contributed by atoms with Gasteiger partial charge in [-0.05, 0) is 44.7 Å². The van der Waals surface area contributed by atoms with Crippen molar-refractivity contribution in [3.63, 3.8) is 0 Å². The predicted molar refractivity (Wildman–Crippen MR) is 152 cm³/mol. The average molecular weight is 550 g/mol. The van der Waals surface area contributed by atoms with Crippen LogP contribution in [0.5, 0.6) is 0 Å². The van der Waals surface area contributed by atoms with Crippen molar-refractivity contribution in [2.45, 2.75) is 52.1 Å². The molecule has 6 rings (SSSR count). The Morgan fingerprint density at radius 2 is 1.82 bits per heavy atom. The van der Waals surface area contributed by atoms with Crippen LogP contribution in [-0.4, -0.2) is 85.4 Å². The van der Waals surface area contributed by atoms with Crippen LogP contribution in [0.3, 0.4) is 0 Å². The third-order valence-electron chi connectivity index (χ3n) is 7.62. The Kier molecular flexibility index (Phi) is 6.98. The zero-order valence-electron chi connectivity index (χ0n) is 22.8. The number of amides is 1. The number of hydrogen-bond acceptors (Lipinski definition) is 9. The lowest BCUT2D eigenvalue weighted by Crippen LogP contribution is -2.48. The Morgan fingerprint density at radius 3 is 2.54 bits per heavy atom. The molecule has 2 aliphatic rings. The molecule has 0 atom stereocenters. The van der Waals surface area contributed by atoms with Gasteiger partial charge >= 0.3 is 0 Å². The number of piperidine rings is 1. The zero-order valence-corrected chi connectivity index (χ0v) is 23.6. The summed E-state index contributed by atoms with van der Waals surface area (Å²) in [6.45, 7) is 9.38. The predicted octanol–water partition coefficient (Wildman–Crippen LogP) is 3.38. The summed E-state index contributed by atoms with van der Waals surface area (Å²) in [5.41, 5.74) is 1.45. The molecule has 206 valence electrons. The SMILES string of the molecule is CCc1nc2ccccc2n1-c1nc(N2CCOCC2)c2nc(CC3CCN(C(=O)C(C)(C)O)CC3)sc2n1. The molecular formula is C28H35N7O3S. The number of anilines is 1. The number of carbonyl (C=O) groups is 1. The fourth-order valence-electron chi connectivity index (χ4n) is 5.53. The number of carbonyl (C=O) groups excluding carboxylic acids is 1. The number of likely N-dealkylation sites (tertiary alicyclic amines) is 1.